The quantitative estimate of drug-likeness (QED) is 0.768. The van der Waals surface area contributed by atoms with Gasteiger partial charge in [-0.25, -0.2) is 0 Å². The van der Waals surface area contributed by atoms with Crippen molar-refractivity contribution in [3.05, 3.63) is 36.2 Å². The second kappa shape index (κ2) is 7.95. The molecule has 1 aliphatic heterocycles. The molecule has 27 heavy (non-hydrogen) atoms. The number of hydrogen-bond donors (Lipinski definition) is 1. The second-order valence-electron chi connectivity index (χ2n) is 5.68. The number of nitrogens with zero attached hydrogens (tertiary/aromatic N) is 2. The molecular weight excluding hydrogens is 380 g/mol. The van der Waals surface area contributed by atoms with Gasteiger partial charge < -0.3 is 24.4 Å². The maximum atomic E-state index is 12.9. The van der Waals surface area contributed by atoms with E-state index in [0.29, 0.717) is 28.6 Å². The van der Waals surface area contributed by atoms with Crippen LogP contribution >= 0.6 is 0 Å². The Balaban J connectivity index is 1.79. The number of pyridine rings is 1. The van der Waals surface area contributed by atoms with E-state index >= 15 is 0 Å². The van der Waals surface area contributed by atoms with Crippen LogP contribution < -0.4 is 24.4 Å². The molecular formula is C17H19F2N3O4S. The van der Waals surface area contributed by atoms with E-state index in [9.17, 15) is 13.0 Å². The van der Waals surface area contributed by atoms with E-state index in [4.69, 9.17) is 9.47 Å². The van der Waals surface area contributed by atoms with Crippen molar-refractivity contribution in [2.45, 2.75) is 17.9 Å². The zero-order valence-corrected chi connectivity index (χ0v) is 15.8. The lowest BCUT2D eigenvalue weighted by molar-refractivity contribution is -0.0498. The van der Waals surface area contributed by atoms with Crippen molar-refractivity contribution >= 4 is 22.2 Å². The molecule has 1 aromatic heterocycles. The number of hydrogen-bond acceptors (Lipinski definition) is 7. The van der Waals surface area contributed by atoms with Gasteiger partial charge in [-0.05, 0) is 12.1 Å². The van der Waals surface area contributed by atoms with Gasteiger partial charge in [-0.3, -0.25) is 9.19 Å². The van der Waals surface area contributed by atoms with E-state index in [-0.39, 0.29) is 11.5 Å². The summed E-state index contributed by atoms with van der Waals surface area (Å²) < 4.78 is 52.8. The van der Waals surface area contributed by atoms with E-state index in [1.807, 2.05) is 0 Å². The highest BCUT2D eigenvalue weighted by Crippen LogP contribution is 2.38. The minimum atomic E-state index is -2.90. The van der Waals surface area contributed by atoms with Crippen molar-refractivity contribution in [3.63, 3.8) is 0 Å². The third kappa shape index (κ3) is 3.90. The summed E-state index contributed by atoms with van der Waals surface area (Å²) in [4.78, 5) is 5.96. The first kappa shape index (κ1) is 19.2. The van der Waals surface area contributed by atoms with Crippen molar-refractivity contribution < 1.29 is 27.2 Å². The maximum Gasteiger partial charge on any atom is 0.387 e. The van der Waals surface area contributed by atoms with Crippen LogP contribution in [-0.2, 0) is 16.6 Å². The van der Waals surface area contributed by atoms with Crippen LogP contribution in [0.1, 0.15) is 5.69 Å². The number of halogens is 2. The largest absolute Gasteiger partial charge is 0.493 e. The highest BCUT2D eigenvalue weighted by atomic mass is 32.2. The summed E-state index contributed by atoms with van der Waals surface area (Å²) in [5.74, 6) is 1.10. The molecule has 0 saturated heterocycles. The Morgan fingerprint density at radius 2 is 2.07 bits per heavy atom. The Kier molecular flexibility index (Phi) is 5.64. The minimum Gasteiger partial charge on any atom is -0.493 e. The fourth-order valence-electron chi connectivity index (χ4n) is 2.87. The van der Waals surface area contributed by atoms with Crippen LogP contribution in [0.25, 0.3) is 0 Å². The molecule has 146 valence electrons. The topological polar surface area (TPSA) is 72.9 Å². The number of rotatable bonds is 7. The van der Waals surface area contributed by atoms with Crippen molar-refractivity contribution in [1.82, 2.24) is 4.98 Å². The van der Waals surface area contributed by atoms with Gasteiger partial charge in [0, 0.05) is 25.4 Å². The fraction of sp³-hybridized carbons (Fsp3) is 0.353. The molecule has 1 aliphatic rings. The predicted octanol–water partition coefficient (Wildman–Crippen LogP) is 2.79. The van der Waals surface area contributed by atoms with Crippen LogP contribution in [0.2, 0.25) is 0 Å². The van der Waals surface area contributed by atoms with Crippen molar-refractivity contribution in [2.75, 3.05) is 31.5 Å². The van der Waals surface area contributed by atoms with Gasteiger partial charge in [-0.1, -0.05) is 0 Å². The third-order valence-corrected chi connectivity index (χ3v) is 5.59. The lowest BCUT2D eigenvalue weighted by Gasteiger charge is -2.22. The molecule has 2 atom stereocenters. The number of fused-ring (bicyclic) bond motifs is 1. The summed E-state index contributed by atoms with van der Waals surface area (Å²) in [5.41, 5.74) is 1.25. The number of ether oxygens (including phenoxy) is 3. The van der Waals surface area contributed by atoms with Crippen LogP contribution in [0.5, 0.6) is 17.2 Å². The molecule has 1 aromatic carbocycles. The molecule has 10 heteroatoms. The molecule has 0 radical (unpaired) electrons. The monoisotopic (exact) mass is 399 g/mol. The zero-order chi connectivity index (χ0) is 19.6. The lowest BCUT2D eigenvalue weighted by Crippen LogP contribution is -2.37. The third-order valence-electron chi connectivity index (χ3n) is 4.10. The Labute approximate surface area is 157 Å². The van der Waals surface area contributed by atoms with Crippen molar-refractivity contribution in [3.8, 4) is 17.2 Å². The molecule has 0 aliphatic carbocycles. The number of benzene rings is 1. The average Bonchev–Trinajstić information content (AvgIpc) is 2.97. The normalized spacial score (nSPS) is 16.7. The molecule has 0 spiro atoms. The zero-order valence-electron chi connectivity index (χ0n) is 14.9. The van der Waals surface area contributed by atoms with Gasteiger partial charge in [0.15, 0.2) is 17.0 Å². The molecule has 7 nitrogen and oxygen atoms in total. The van der Waals surface area contributed by atoms with Gasteiger partial charge in [-0.15, -0.1) is 0 Å². The first-order valence-electron chi connectivity index (χ1n) is 7.96. The van der Waals surface area contributed by atoms with Gasteiger partial charge in [0.1, 0.15) is 5.75 Å². The van der Waals surface area contributed by atoms with Crippen molar-refractivity contribution in [2.24, 2.45) is 0 Å². The SMILES string of the molecule is COc1ccnc(C[S@@](=O)C2Nc3ccc(OC(F)F)cc3N2C)c1OC. The lowest BCUT2D eigenvalue weighted by atomic mass is 10.2. The van der Waals surface area contributed by atoms with Gasteiger partial charge >= 0.3 is 6.61 Å². The molecule has 1 N–H and O–H groups in total. The summed E-state index contributed by atoms with van der Waals surface area (Å²) in [6.45, 7) is -2.90. The summed E-state index contributed by atoms with van der Waals surface area (Å²) in [7, 11) is 3.32. The first-order valence-corrected chi connectivity index (χ1v) is 9.34. The molecule has 0 amide bonds. The Morgan fingerprint density at radius 1 is 1.30 bits per heavy atom. The first-order chi connectivity index (χ1) is 12.9. The summed E-state index contributed by atoms with van der Waals surface area (Å²) in [5, 5.41) is 3.13. The predicted molar refractivity (Wildman–Crippen MR) is 98.1 cm³/mol. The number of alkyl halides is 2. The molecule has 1 unspecified atom stereocenters. The molecule has 2 heterocycles. The van der Waals surface area contributed by atoms with E-state index in [1.54, 1.807) is 30.3 Å². The highest BCUT2D eigenvalue weighted by Gasteiger charge is 2.32. The van der Waals surface area contributed by atoms with Crippen LogP contribution in [0.4, 0.5) is 20.2 Å². The van der Waals surface area contributed by atoms with Crippen LogP contribution in [-0.4, -0.2) is 42.6 Å². The Hall–Kier alpha value is -2.62. The van der Waals surface area contributed by atoms with Crippen LogP contribution in [0.3, 0.4) is 0 Å². The van der Waals surface area contributed by atoms with E-state index in [0.717, 1.165) is 0 Å². The minimum absolute atomic E-state index is 0.0416. The van der Waals surface area contributed by atoms with E-state index in [2.05, 4.69) is 15.0 Å². The smallest absolute Gasteiger partial charge is 0.387 e. The van der Waals surface area contributed by atoms with Crippen molar-refractivity contribution in [1.29, 1.82) is 0 Å². The van der Waals surface area contributed by atoms with E-state index in [1.165, 1.54) is 26.4 Å². The summed E-state index contributed by atoms with van der Waals surface area (Å²) in [6.07, 6.45) is 1.56. The highest BCUT2D eigenvalue weighted by molar-refractivity contribution is 7.85. The average molecular weight is 399 g/mol. The Morgan fingerprint density at radius 3 is 2.74 bits per heavy atom. The molecule has 0 bridgehead atoms. The molecule has 3 rings (SSSR count). The number of anilines is 2. The fourth-order valence-corrected chi connectivity index (χ4v) is 4.22. The van der Waals surface area contributed by atoms with Crippen LogP contribution in [0, 0.1) is 0 Å². The molecule has 0 saturated carbocycles. The molecule has 0 fully saturated rings. The summed E-state index contributed by atoms with van der Waals surface area (Å²) in [6, 6.07) is 6.19. The summed E-state index contributed by atoms with van der Waals surface area (Å²) >= 11 is 0. The van der Waals surface area contributed by atoms with Gasteiger partial charge in [0.05, 0.1) is 47.8 Å². The number of nitrogens with one attached hydrogen (secondary N) is 1. The molecule has 2 aromatic rings. The van der Waals surface area contributed by atoms with Gasteiger partial charge in [0.25, 0.3) is 0 Å². The van der Waals surface area contributed by atoms with Gasteiger partial charge in [-0.2, -0.15) is 8.78 Å². The number of methoxy groups -OCH3 is 2. The maximum absolute atomic E-state index is 12.9. The number of aromatic nitrogens is 1. The Bertz CT molecular complexity index is 853. The van der Waals surface area contributed by atoms with Crippen LogP contribution in [0.15, 0.2) is 30.5 Å². The van der Waals surface area contributed by atoms with E-state index < -0.39 is 22.9 Å². The standard InChI is InChI=1S/C17H19F2N3O4S/c1-22-13-8-10(26-16(18)19)4-5-11(13)21-17(22)27(23)9-12-15(25-3)14(24-2)6-7-20-12/h4-8,16-17,21H,9H2,1-3H3/t17?,27-/m1/s1. The second-order valence-corrected chi connectivity index (χ2v) is 7.18. The van der Waals surface area contributed by atoms with Gasteiger partial charge in [0.2, 0.25) is 0 Å².